The molecule has 2 atom stereocenters. The molecule has 5 heterocycles. The van der Waals surface area contributed by atoms with Crippen molar-refractivity contribution in [3.05, 3.63) is 112 Å². The Hall–Kier alpha value is -3.49. The third-order valence-electron chi connectivity index (χ3n) is 11.9. The number of anilines is 1. The molecule has 1 saturated heterocycles. The molecule has 14 heteroatoms. The third-order valence-corrected chi connectivity index (χ3v) is 15.6. The zero-order valence-electron chi connectivity index (χ0n) is 33.8. The van der Waals surface area contributed by atoms with Crippen molar-refractivity contribution < 1.29 is 16.8 Å². The Morgan fingerprint density at radius 2 is 1.07 bits per heavy atom. The maximum Gasteiger partial charge on any atom is 0.150 e. The largest absolute Gasteiger partial charge is 0.356 e. The summed E-state index contributed by atoms with van der Waals surface area (Å²) < 4.78 is 45.7. The maximum absolute atomic E-state index is 11.9. The van der Waals surface area contributed by atoms with Gasteiger partial charge in [0.2, 0.25) is 0 Å². The second-order valence-electron chi connectivity index (χ2n) is 16.2. The second kappa shape index (κ2) is 19.5. The fourth-order valence-corrected chi connectivity index (χ4v) is 10.9. The molecule has 57 heavy (non-hydrogen) atoms. The molecule has 308 valence electrons. The molecule has 2 aromatic heterocycles. The van der Waals surface area contributed by atoms with E-state index in [1.165, 1.54) is 35.6 Å². The molecule has 4 aliphatic rings. The number of benzene rings is 2. The van der Waals surface area contributed by atoms with Crippen molar-refractivity contribution in [2.75, 3.05) is 30.5 Å². The van der Waals surface area contributed by atoms with E-state index >= 15 is 0 Å². The standard InChI is InChI=1S/C21H28N4O2S.C15H16ClN3.C7H14O2S/c1-16-12-20-19(14-25(16)13-17-6-4-3-5-7-17)21(23-15-22-20)24-10-8-18(9-11-24)28(2,26)27;1-11-7-14-13(15(16)18-10-17-14)9-19(11)8-12-5-3-2-4-6-12;1-10(8,9)7-5-3-2-4-6-7/h3-7,15-16,18H,8-14H2,1-2H3;2-6,10-11H,7-9H2,1H3;7H,2-6H2,1H3/t16-;11-;/m11./s1. The first-order valence-corrected chi connectivity index (χ1v) is 24.5. The van der Waals surface area contributed by atoms with Crippen molar-refractivity contribution in [2.24, 2.45) is 0 Å². The molecule has 0 amide bonds. The summed E-state index contributed by atoms with van der Waals surface area (Å²) in [5.74, 6) is 0.988. The van der Waals surface area contributed by atoms with Gasteiger partial charge < -0.3 is 4.90 Å². The molecule has 2 fully saturated rings. The first-order valence-electron chi connectivity index (χ1n) is 20.3. The highest BCUT2D eigenvalue weighted by molar-refractivity contribution is 7.91. The van der Waals surface area contributed by atoms with E-state index in [1.807, 2.05) is 12.1 Å². The van der Waals surface area contributed by atoms with Gasteiger partial charge in [-0.15, -0.1) is 0 Å². The highest BCUT2D eigenvalue weighted by Gasteiger charge is 2.32. The molecule has 1 saturated carbocycles. The van der Waals surface area contributed by atoms with E-state index in [4.69, 9.17) is 11.6 Å². The number of rotatable bonds is 7. The summed E-state index contributed by atoms with van der Waals surface area (Å²) in [7, 11) is -5.69. The Morgan fingerprint density at radius 1 is 0.614 bits per heavy atom. The molecular formula is C43H58ClN7O4S2. The van der Waals surface area contributed by atoms with Crippen LogP contribution in [0.4, 0.5) is 5.82 Å². The molecule has 11 nitrogen and oxygen atoms in total. The number of halogens is 1. The number of sulfone groups is 2. The molecule has 0 bridgehead atoms. The lowest BCUT2D eigenvalue weighted by molar-refractivity contribution is 0.173. The fourth-order valence-electron chi connectivity index (χ4n) is 8.39. The molecule has 3 aliphatic heterocycles. The van der Waals surface area contributed by atoms with Crippen LogP contribution in [0, 0.1) is 0 Å². The van der Waals surface area contributed by atoms with E-state index < -0.39 is 19.7 Å². The lowest BCUT2D eigenvalue weighted by atomic mass is 9.98. The van der Waals surface area contributed by atoms with Gasteiger partial charge in [0.15, 0.2) is 0 Å². The van der Waals surface area contributed by atoms with Crippen molar-refractivity contribution in [2.45, 2.75) is 120 Å². The summed E-state index contributed by atoms with van der Waals surface area (Å²) >= 11 is 6.18. The second-order valence-corrected chi connectivity index (χ2v) is 21.2. The molecule has 0 spiro atoms. The summed E-state index contributed by atoms with van der Waals surface area (Å²) in [4.78, 5) is 24.8. The van der Waals surface area contributed by atoms with Gasteiger partial charge in [-0.3, -0.25) is 9.80 Å². The molecule has 1 aliphatic carbocycles. The van der Waals surface area contributed by atoms with Crippen molar-refractivity contribution in [1.29, 1.82) is 0 Å². The van der Waals surface area contributed by atoms with E-state index in [0.717, 1.165) is 101 Å². The van der Waals surface area contributed by atoms with E-state index in [2.05, 4.69) is 97.0 Å². The summed E-state index contributed by atoms with van der Waals surface area (Å²) in [6, 6.07) is 22.0. The van der Waals surface area contributed by atoms with Crippen LogP contribution in [0.1, 0.15) is 92.4 Å². The number of hydrogen-bond acceptors (Lipinski definition) is 11. The number of hydrogen-bond donors (Lipinski definition) is 0. The predicted molar refractivity (Wildman–Crippen MR) is 229 cm³/mol. The van der Waals surface area contributed by atoms with Crippen molar-refractivity contribution in [3.8, 4) is 0 Å². The fraction of sp³-hybridized carbons (Fsp3) is 0.535. The smallest absolute Gasteiger partial charge is 0.150 e. The van der Waals surface area contributed by atoms with E-state index in [0.29, 0.717) is 30.1 Å². The Kier molecular flexibility index (Phi) is 14.8. The van der Waals surface area contributed by atoms with Crippen LogP contribution in [0.2, 0.25) is 5.15 Å². The highest BCUT2D eigenvalue weighted by Crippen LogP contribution is 2.32. The third kappa shape index (κ3) is 11.8. The first kappa shape index (κ1) is 43.1. The quantitative estimate of drug-likeness (QED) is 0.181. The Labute approximate surface area is 345 Å². The molecule has 4 aromatic rings. The van der Waals surface area contributed by atoms with Crippen LogP contribution < -0.4 is 4.90 Å². The van der Waals surface area contributed by atoms with Crippen LogP contribution in [0.15, 0.2) is 73.3 Å². The molecule has 0 unspecified atom stereocenters. The minimum atomic E-state index is -2.97. The van der Waals surface area contributed by atoms with Crippen LogP contribution in [-0.2, 0) is 58.7 Å². The maximum atomic E-state index is 11.9. The zero-order chi connectivity index (χ0) is 40.6. The monoisotopic (exact) mass is 835 g/mol. The average molecular weight is 837 g/mol. The average Bonchev–Trinajstić information content (AvgIpc) is 3.20. The predicted octanol–water partition coefficient (Wildman–Crippen LogP) is 6.88. The Bertz CT molecular complexity index is 2130. The van der Waals surface area contributed by atoms with Crippen LogP contribution >= 0.6 is 11.6 Å². The van der Waals surface area contributed by atoms with Gasteiger partial charge in [0, 0.05) is 87.8 Å². The van der Waals surface area contributed by atoms with E-state index in [1.54, 1.807) is 12.7 Å². The molecule has 2 aromatic carbocycles. The lowest BCUT2D eigenvalue weighted by Gasteiger charge is -2.38. The molecule has 0 N–H and O–H groups in total. The Balaban J connectivity index is 0.000000162. The normalized spacial score (nSPS) is 21.0. The van der Waals surface area contributed by atoms with Gasteiger partial charge in [-0.1, -0.05) is 91.5 Å². The molecule has 8 rings (SSSR count). The lowest BCUT2D eigenvalue weighted by Crippen LogP contribution is -2.42. The van der Waals surface area contributed by atoms with Crippen molar-refractivity contribution >= 4 is 37.1 Å². The van der Waals surface area contributed by atoms with Crippen LogP contribution in [0.3, 0.4) is 0 Å². The van der Waals surface area contributed by atoms with Crippen LogP contribution in [0.5, 0.6) is 0 Å². The van der Waals surface area contributed by atoms with E-state index in [9.17, 15) is 16.8 Å². The van der Waals surface area contributed by atoms with Gasteiger partial charge in [-0.25, -0.2) is 36.8 Å². The minimum Gasteiger partial charge on any atom is -0.356 e. The van der Waals surface area contributed by atoms with Gasteiger partial charge in [0.25, 0.3) is 0 Å². The van der Waals surface area contributed by atoms with Gasteiger partial charge in [0.05, 0.1) is 21.9 Å². The zero-order valence-corrected chi connectivity index (χ0v) is 36.2. The number of aromatic nitrogens is 4. The first-order chi connectivity index (χ1) is 27.3. The number of fused-ring (bicyclic) bond motifs is 2. The van der Waals surface area contributed by atoms with Gasteiger partial charge >= 0.3 is 0 Å². The van der Waals surface area contributed by atoms with Crippen molar-refractivity contribution in [3.63, 3.8) is 0 Å². The van der Waals surface area contributed by atoms with Crippen LogP contribution in [-0.4, -0.2) is 94.8 Å². The summed E-state index contributed by atoms with van der Waals surface area (Å²) in [6.07, 6.45) is 14.3. The van der Waals surface area contributed by atoms with Gasteiger partial charge in [-0.2, -0.15) is 0 Å². The molecular weight excluding hydrogens is 778 g/mol. The SMILES string of the molecule is CS(=O)(=O)C1CCCCC1.C[C@@H]1Cc2ncnc(Cl)c2CN1Cc1ccccc1.C[C@@H]1Cc2ncnc(N3CCC(S(C)(=O)=O)CC3)c2CN1Cc1ccccc1. The van der Waals surface area contributed by atoms with Crippen LogP contribution in [0.25, 0.3) is 0 Å². The highest BCUT2D eigenvalue weighted by atomic mass is 35.5. The summed E-state index contributed by atoms with van der Waals surface area (Å²) in [5, 5.41) is 0.340. The Morgan fingerprint density at radius 3 is 1.56 bits per heavy atom. The topological polar surface area (TPSA) is 130 Å². The van der Waals surface area contributed by atoms with E-state index in [-0.39, 0.29) is 10.5 Å². The molecule has 0 radical (unpaired) electrons. The minimum absolute atomic E-state index is 0.0266. The van der Waals surface area contributed by atoms with Crippen molar-refractivity contribution in [1.82, 2.24) is 29.7 Å². The summed E-state index contributed by atoms with van der Waals surface area (Å²) in [5.41, 5.74) is 7.15. The van der Waals surface area contributed by atoms with Gasteiger partial charge in [0.1, 0.15) is 43.3 Å². The number of nitrogens with zero attached hydrogens (tertiary/aromatic N) is 7. The van der Waals surface area contributed by atoms with Gasteiger partial charge in [-0.05, 0) is 50.7 Å². The number of piperidine rings is 1. The summed E-state index contributed by atoms with van der Waals surface area (Å²) in [6.45, 7) is 9.45.